The molecule has 1 aromatic carbocycles. The average Bonchev–Trinajstić information content (AvgIpc) is 3.14. The molecule has 0 bridgehead atoms. The number of anilines is 1. The van der Waals surface area contributed by atoms with E-state index in [1.165, 1.54) is 23.1 Å². The number of nitrogens with zero attached hydrogens (tertiary/aromatic N) is 2. The number of benzene rings is 1. The van der Waals surface area contributed by atoms with Crippen LogP contribution in [0.1, 0.15) is 32.3 Å². The molecule has 2 atom stereocenters. The summed E-state index contributed by atoms with van der Waals surface area (Å²) < 4.78 is 39.3. The molecule has 1 N–H and O–H groups in total. The van der Waals surface area contributed by atoms with Gasteiger partial charge in [-0.05, 0) is 32.4 Å². The molecule has 3 rings (SSSR count). The summed E-state index contributed by atoms with van der Waals surface area (Å²) in [7, 11) is 0. The maximum atomic E-state index is 13.1. The zero-order valence-electron chi connectivity index (χ0n) is 16.1. The fraction of sp³-hybridized carbons (Fsp3) is 0.526. The predicted octanol–water partition coefficient (Wildman–Crippen LogP) is 2.95. The van der Waals surface area contributed by atoms with Crippen molar-refractivity contribution >= 4 is 35.2 Å². The summed E-state index contributed by atoms with van der Waals surface area (Å²) in [5.74, 6) is -0.734. The monoisotopic (exact) mass is 429 g/mol. The van der Waals surface area contributed by atoms with Gasteiger partial charge in [-0.2, -0.15) is 13.2 Å². The predicted molar refractivity (Wildman–Crippen MR) is 103 cm³/mol. The summed E-state index contributed by atoms with van der Waals surface area (Å²) in [6.07, 6.45) is -3.55. The molecular formula is C19H22F3N3O3S. The summed E-state index contributed by atoms with van der Waals surface area (Å²) in [4.78, 5) is 40.1. The van der Waals surface area contributed by atoms with Gasteiger partial charge in [0.2, 0.25) is 17.7 Å². The number of rotatable bonds is 5. The van der Waals surface area contributed by atoms with Gasteiger partial charge in [0.15, 0.2) is 0 Å². The van der Waals surface area contributed by atoms with E-state index in [0.29, 0.717) is 18.6 Å². The highest BCUT2D eigenvalue weighted by Gasteiger charge is 2.53. The van der Waals surface area contributed by atoms with E-state index in [4.69, 9.17) is 0 Å². The van der Waals surface area contributed by atoms with Crippen molar-refractivity contribution in [3.05, 3.63) is 29.8 Å². The molecule has 6 nitrogen and oxygen atoms in total. The second-order valence-corrected chi connectivity index (χ2v) is 8.71. The smallest absolute Gasteiger partial charge is 0.332 e. The molecule has 158 valence electrons. The van der Waals surface area contributed by atoms with E-state index < -0.39 is 28.6 Å². The van der Waals surface area contributed by atoms with Gasteiger partial charge in [-0.15, -0.1) is 11.8 Å². The van der Waals surface area contributed by atoms with Crippen molar-refractivity contribution in [1.82, 2.24) is 9.80 Å². The molecule has 2 aliphatic heterocycles. The number of halogens is 3. The molecule has 0 saturated carbocycles. The van der Waals surface area contributed by atoms with Gasteiger partial charge in [0.05, 0.1) is 22.7 Å². The summed E-state index contributed by atoms with van der Waals surface area (Å²) >= 11 is 1.54. The number of nitrogens with one attached hydrogen (secondary N) is 1. The van der Waals surface area contributed by atoms with Crippen LogP contribution in [0.2, 0.25) is 0 Å². The fourth-order valence-corrected chi connectivity index (χ4v) is 5.19. The van der Waals surface area contributed by atoms with Crippen molar-refractivity contribution in [2.75, 3.05) is 24.2 Å². The number of para-hydroxylation sites is 1. The van der Waals surface area contributed by atoms with Crippen LogP contribution in [0.5, 0.6) is 0 Å². The molecule has 1 aromatic rings. The Kier molecular flexibility index (Phi) is 5.84. The molecule has 2 fully saturated rings. The quantitative estimate of drug-likeness (QED) is 0.782. The Hall–Kier alpha value is -2.23. The van der Waals surface area contributed by atoms with Crippen LogP contribution >= 0.6 is 11.8 Å². The summed E-state index contributed by atoms with van der Waals surface area (Å²) in [5.41, 5.74) is -1.31. The molecule has 2 saturated heterocycles. The number of thioether (sulfide) groups is 1. The highest BCUT2D eigenvalue weighted by molar-refractivity contribution is 8.01. The van der Waals surface area contributed by atoms with Crippen LogP contribution in [-0.2, 0) is 20.6 Å². The normalized spacial score (nSPS) is 23.8. The van der Waals surface area contributed by atoms with Crippen LogP contribution in [0.3, 0.4) is 0 Å². The van der Waals surface area contributed by atoms with Crippen molar-refractivity contribution < 1.29 is 27.6 Å². The number of hydrogen-bond donors (Lipinski definition) is 1. The molecule has 29 heavy (non-hydrogen) atoms. The Morgan fingerprint density at radius 1 is 1.34 bits per heavy atom. The summed E-state index contributed by atoms with van der Waals surface area (Å²) in [6, 6.07) is 4.02. The van der Waals surface area contributed by atoms with E-state index in [9.17, 15) is 27.6 Å². The van der Waals surface area contributed by atoms with E-state index in [-0.39, 0.29) is 30.6 Å². The third-order valence-corrected chi connectivity index (χ3v) is 6.77. The molecule has 3 amide bonds. The molecule has 0 radical (unpaired) electrons. The Morgan fingerprint density at radius 3 is 2.69 bits per heavy atom. The van der Waals surface area contributed by atoms with E-state index in [1.54, 1.807) is 23.6 Å². The van der Waals surface area contributed by atoms with Crippen LogP contribution in [0.15, 0.2) is 24.3 Å². The van der Waals surface area contributed by atoms with Crippen molar-refractivity contribution in [1.29, 1.82) is 0 Å². The van der Waals surface area contributed by atoms with Crippen LogP contribution in [0.25, 0.3) is 0 Å². The molecule has 0 aliphatic carbocycles. The maximum Gasteiger partial charge on any atom is 0.418 e. The van der Waals surface area contributed by atoms with Gasteiger partial charge in [0.1, 0.15) is 6.04 Å². The topological polar surface area (TPSA) is 69.7 Å². The van der Waals surface area contributed by atoms with Crippen LogP contribution < -0.4 is 5.32 Å². The minimum atomic E-state index is -4.61. The number of alkyl halides is 3. The van der Waals surface area contributed by atoms with Crippen LogP contribution in [0, 0.1) is 0 Å². The van der Waals surface area contributed by atoms with Crippen molar-refractivity contribution in [2.45, 2.75) is 43.8 Å². The lowest BCUT2D eigenvalue weighted by Crippen LogP contribution is -2.52. The highest BCUT2D eigenvalue weighted by atomic mass is 32.2. The summed E-state index contributed by atoms with van der Waals surface area (Å²) in [6.45, 7) is 3.42. The number of hydrogen-bond acceptors (Lipinski definition) is 4. The van der Waals surface area contributed by atoms with Gasteiger partial charge >= 0.3 is 6.18 Å². The molecule has 2 aliphatic rings. The first-order valence-corrected chi connectivity index (χ1v) is 10.3. The van der Waals surface area contributed by atoms with E-state index >= 15 is 0 Å². The van der Waals surface area contributed by atoms with Gasteiger partial charge in [0, 0.05) is 18.7 Å². The Balaban J connectivity index is 1.70. The van der Waals surface area contributed by atoms with Crippen LogP contribution in [0.4, 0.5) is 18.9 Å². The standard InChI is InChI=1S/C19H22F3N3O3S/c1-3-24(17(28)14-11-29-18(2)9-8-16(27)25(14)18)10-15(26)23-13-7-5-4-6-12(13)19(20,21)22/h4-7,14H,3,8-11H2,1-2H3,(H,23,26)/t14-,18+/m1/s1. The van der Waals surface area contributed by atoms with Crippen molar-refractivity contribution in [2.24, 2.45) is 0 Å². The number of carbonyl (C=O) groups is 3. The summed E-state index contributed by atoms with van der Waals surface area (Å²) in [5, 5.41) is 2.25. The molecule has 0 aromatic heterocycles. The van der Waals surface area contributed by atoms with Crippen molar-refractivity contribution in [3.63, 3.8) is 0 Å². The molecule has 2 heterocycles. The van der Waals surface area contributed by atoms with Gasteiger partial charge in [0.25, 0.3) is 0 Å². The lowest BCUT2D eigenvalue weighted by atomic mass is 10.1. The first-order valence-electron chi connectivity index (χ1n) is 9.28. The Labute approximate surface area is 170 Å². The molecule has 0 unspecified atom stereocenters. The minimum absolute atomic E-state index is 0.0875. The number of carbonyl (C=O) groups excluding carboxylic acids is 3. The number of likely N-dealkylation sites (N-methyl/N-ethyl adjacent to an activating group) is 1. The maximum absolute atomic E-state index is 13.1. The van der Waals surface area contributed by atoms with Gasteiger partial charge in [-0.25, -0.2) is 0 Å². The number of amides is 3. The lowest BCUT2D eigenvalue weighted by molar-refractivity contribution is -0.144. The largest absolute Gasteiger partial charge is 0.418 e. The highest BCUT2D eigenvalue weighted by Crippen LogP contribution is 2.47. The van der Waals surface area contributed by atoms with E-state index in [0.717, 1.165) is 6.07 Å². The molecular weight excluding hydrogens is 407 g/mol. The molecule has 10 heteroatoms. The SMILES string of the molecule is CCN(CC(=O)Nc1ccccc1C(F)(F)F)C(=O)[C@H]1CS[C@@]2(C)CCC(=O)N12. The minimum Gasteiger partial charge on any atom is -0.332 e. The second-order valence-electron chi connectivity index (χ2n) is 7.21. The molecule has 0 spiro atoms. The first-order chi connectivity index (χ1) is 13.6. The first kappa shape index (κ1) is 21.5. The zero-order chi connectivity index (χ0) is 21.4. The second kappa shape index (κ2) is 7.89. The van der Waals surface area contributed by atoms with Gasteiger partial charge in [-0.3, -0.25) is 14.4 Å². The third kappa shape index (κ3) is 4.22. The average molecular weight is 429 g/mol. The van der Waals surface area contributed by atoms with E-state index in [2.05, 4.69) is 5.32 Å². The zero-order valence-corrected chi connectivity index (χ0v) is 16.9. The van der Waals surface area contributed by atoms with Crippen molar-refractivity contribution in [3.8, 4) is 0 Å². The van der Waals surface area contributed by atoms with Gasteiger partial charge < -0.3 is 15.1 Å². The lowest BCUT2D eigenvalue weighted by Gasteiger charge is -2.32. The van der Waals surface area contributed by atoms with Crippen LogP contribution in [-0.4, -0.2) is 57.3 Å². The number of fused-ring (bicyclic) bond motifs is 1. The Bertz CT molecular complexity index is 832. The third-order valence-electron chi connectivity index (χ3n) is 5.26. The van der Waals surface area contributed by atoms with E-state index in [1.807, 2.05) is 6.92 Å². The Morgan fingerprint density at radius 2 is 2.03 bits per heavy atom. The van der Waals surface area contributed by atoms with Gasteiger partial charge in [-0.1, -0.05) is 12.1 Å². The fourth-order valence-electron chi connectivity index (χ4n) is 3.76.